The van der Waals surface area contributed by atoms with Crippen molar-refractivity contribution in [1.29, 1.82) is 0 Å². The van der Waals surface area contributed by atoms with E-state index in [4.69, 9.17) is 0 Å². The van der Waals surface area contributed by atoms with Gasteiger partial charge in [-0.15, -0.1) is 0 Å². The molecule has 22 heavy (non-hydrogen) atoms. The molecule has 1 N–H and O–H groups in total. The largest absolute Gasteiger partial charge is 0.273 e. The Morgan fingerprint density at radius 2 is 1.41 bits per heavy atom. The van der Waals surface area contributed by atoms with Gasteiger partial charge in [-0.1, -0.05) is 39.0 Å². The Labute approximate surface area is 128 Å². The minimum atomic E-state index is -1.89. The summed E-state index contributed by atoms with van der Waals surface area (Å²) in [5.41, 5.74) is -0.495. The number of halogens is 5. The fraction of sp³-hybridized carbons (Fsp3) is 0.625. The molecule has 0 amide bonds. The van der Waals surface area contributed by atoms with Crippen LogP contribution in [0.2, 0.25) is 0 Å². The molecule has 1 unspecified atom stereocenters. The first-order valence-corrected chi connectivity index (χ1v) is 7.76. The Balaban J connectivity index is 2.55. The van der Waals surface area contributed by atoms with Crippen LogP contribution in [-0.4, -0.2) is 13.3 Å². The number of quaternary nitrogens is 1. The fourth-order valence-corrected chi connectivity index (χ4v) is 2.40. The molecule has 0 aromatic heterocycles. The lowest BCUT2D eigenvalue weighted by atomic mass is 10.1. The molecule has 0 bridgehead atoms. The van der Waals surface area contributed by atoms with Crippen LogP contribution < -0.4 is 4.90 Å². The summed E-state index contributed by atoms with van der Waals surface area (Å²) in [6, 6.07) is 0.532. The zero-order valence-corrected chi connectivity index (χ0v) is 12.8. The molecule has 1 rings (SSSR count). The van der Waals surface area contributed by atoms with Crippen molar-refractivity contribution in [1.82, 2.24) is 0 Å². The van der Waals surface area contributed by atoms with Crippen LogP contribution >= 0.6 is 0 Å². The number of hydrogen-bond acceptors (Lipinski definition) is 0. The van der Waals surface area contributed by atoms with E-state index in [2.05, 4.69) is 6.92 Å². The average molecular weight is 324 g/mol. The highest BCUT2D eigenvalue weighted by Crippen LogP contribution is 2.20. The van der Waals surface area contributed by atoms with Gasteiger partial charge in [-0.2, -0.15) is 8.78 Å². The number of nitrogens with one attached hydrogen (secondary N) is 1. The third kappa shape index (κ3) is 5.23. The van der Waals surface area contributed by atoms with Crippen LogP contribution in [0.3, 0.4) is 0 Å². The topological polar surface area (TPSA) is 4.44 Å². The second-order valence-corrected chi connectivity index (χ2v) is 5.46. The normalized spacial score (nSPS) is 12.6. The Bertz CT molecular complexity index is 464. The number of alkyl halides is 1. The molecule has 0 aliphatic rings. The molecule has 0 aliphatic carbocycles. The van der Waals surface area contributed by atoms with E-state index in [0.29, 0.717) is 12.5 Å². The molecule has 0 heterocycles. The van der Waals surface area contributed by atoms with Crippen molar-refractivity contribution in [3.8, 4) is 0 Å². The first-order valence-electron chi connectivity index (χ1n) is 7.76. The zero-order chi connectivity index (χ0) is 16.5. The first kappa shape index (κ1) is 18.9. The monoisotopic (exact) mass is 324 g/mol. The summed E-state index contributed by atoms with van der Waals surface area (Å²) in [5, 5.41) is 0. The first-order chi connectivity index (χ1) is 10.5. The van der Waals surface area contributed by atoms with Gasteiger partial charge < -0.3 is 0 Å². The maximum Gasteiger partial charge on any atom is 0.225 e. The Kier molecular flexibility index (Phi) is 8.38. The summed E-state index contributed by atoms with van der Waals surface area (Å²) in [6.07, 6.45) is 7.04. The molecular formula is C16H23F5N+. The minimum Gasteiger partial charge on any atom is -0.273 e. The third-order valence-electron chi connectivity index (χ3n) is 3.73. The van der Waals surface area contributed by atoms with E-state index in [1.54, 1.807) is 0 Å². The van der Waals surface area contributed by atoms with Crippen molar-refractivity contribution in [3.63, 3.8) is 0 Å². The Morgan fingerprint density at radius 1 is 0.818 bits per heavy atom. The van der Waals surface area contributed by atoms with Crippen molar-refractivity contribution in [2.45, 2.75) is 51.9 Å². The molecule has 0 saturated carbocycles. The van der Waals surface area contributed by atoms with Crippen LogP contribution in [0.5, 0.6) is 0 Å². The molecule has 0 aliphatic heterocycles. The lowest BCUT2D eigenvalue weighted by Crippen LogP contribution is -3.07. The van der Waals surface area contributed by atoms with E-state index in [9.17, 15) is 22.0 Å². The fourth-order valence-electron chi connectivity index (χ4n) is 2.40. The van der Waals surface area contributed by atoms with E-state index < -0.39 is 35.8 Å². The molecule has 1 aromatic rings. The highest BCUT2D eigenvalue weighted by molar-refractivity contribution is 5.33. The maximum atomic E-state index is 13.6. The lowest BCUT2D eigenvalue weighted by molar-refractivity contribution is -0.848. The van der Waals surface area contributed by atoms with Crippen LogP contribution in [0, 0.1) is 23.3 Å². The van der Waals surface area contributed by atoms with E-state index in [1.807, 2.05) is 0 Å². The van der Waals surface area contributed by atoms with Gasteiger partial charge in [0.15, 0.2) is 17.3 Å². The predicted octanol–water partition coefficient (Wildman–Crippen LogP) is 4.44. The SMILES string of the molecule is CCCCCCCCC[NH+](CF)c1cc(F)c(F)c(F)c1F. The van der Waals surface area contributed by atoms with Crippen LogP contribution in [0.1, 0.15) is 51.9 Å². The van der Waals surface area contributed by atoms with Gasteiger partial charge in [0.2, 0.25) is 18.4 Å². The number of hydrogen-bond donors (Lipinski definition) is 1. The highest BCUT2D eigenvalue weighted by Gasteiger charge is 2.25. The van der Waals surface area contributed by atoms with Crippen molar-refractivity contribution in [2.24, 2.45) is 0 Å². The second kappa shape index (κ2) is 9.77. The zero-order valence-electron chi connectivity index (χ0n) is 12.8. The third-order valence-corrected chi connectivity index (χ3v) is 3.73. The molecule has 126 valence electrons. The van der Waals surface area contributed by atoms with Gasteiger partial charge in [-0.25, -0.2) is 13.2 Å². The van der Waals surface area contributed by atoms with Gasteiger partial charge in [-0.05, 0) is 12.8 Å². The standard InChI is InChI=1S/C16H22F5N/c1-2-3-4-5-6-7-8-9-22(11-17)13-10-12(18)14(19)16(21)15(13)20/h10H,2-9,11H2,1H3/p+1. The second-order valence-electron chi connectivity index (χ2n) is 5.46. The summed E-state index contributed by atoms with van der Waals surface area (Å²) >= 11 is 0. The molecule has 0 spiro atoms. The smallest absolute Gasteiger partial charge is 0.225 e. The average Bonchev–Trinajstić information content (AvgIpc) is 2.52. The molecule has 1 aromatic carbocycles. The van der Waals surface area contributed by atoms with Crippen LogP contribution in [-0.2, 0) is 0 Å². The van der Waals surface area contributed by atoms with Crippen molar-refractivity contribution in [2.75, 3.05) is 13.3 Å². The molecule has 1 atom stereocenters. The molecular weight excluding hydrogens is 301 g/mol. The van der Waals surface area contributed by atoms with Gasteiger partial charge in [0.05, 0.1) is 6.54 Å². The molecule has 0 fully saturated rings. The van der Waals surface area contributed by atoms with Crippen molar-refractivity contribution < 1.29 is 26.9 Å². The van der Waals surface area contributed by atoms with Crippen LogP contribution in [0.25, 0.3) is 0 Å². The highest BCUT2D eigenvalue weighted by atomic mass is 19.2. The minimum absolute atomic E-state index is 0.0242. The summed E-state index contributed by atoms with van der Waals surface area (Å²) < 4.78 is 65.9. The maximum absolute atomic E-state index is 13.6. The van der Waals surface area contributed by atoms with Crippen molar-refractivity contribution in [3.05, 3.63) is 29.3 Å². The van der Waals surface area contributed by atoms with Gasteiger partial charge in [0.25, 0.3) is 0 Å². The van der Waals surface area contributed by atoms with E-state index >= 15 is 0 Å². The van der Waals surface area contributed by atoms with Crippen LogP contribution in [0.4, 0.5) is 27.6 Å². The molecule has 0 saturated heterocycles. The summed E-state index contributed by atoms with van der Waals surface area (Å²) in [5.74, 6) is -6.77. The quantitative estimate of drug-likeness (QED) is 0.213. The van der Waals surface area contributed by atoms with Gasteiger partial charge >= 0.3 is 0 Å². The Morgan fingerprint density at radius 3 is 2.00 bits per heavy atom. The Hall–Kier alpha value is -1.17. The van der Waals surface area contributed by atoms with E-state index in [0.717, 1.165) is 32.1 Å². The lowest BCUT2D eigenvalue weighted by Gasteiger charge is -2.16. The van der Waals surface area contributed by atoms with Crippen LogP contribution in [0.15, 0.2) is 6.07 Å². The number of unbranched alkanes of at least 4 members (excludes halogenated alkanes) is 6. The van der Waals surface area contributed by atoms with E-state index in [-0.39, 0.29) is 11.4 Å². The molecule has 1 nitrogen and oxygen atoms in total. The van der Waals surface area contributed by atoms with Crippen molar-refractivity contribution >= 4 is 5.69 Å². The summed E-state index contributed by atoms with van der Waals surface area (Å²) in [7, 11) is 0. The van der Waals surface area contributed by atoms with Gasteiger partial charge in [0, 0.05) is 6.07 Å². The number of rotatable bonds is 10. The van der Waals surface area contributed by atoms with Gasteiger partial charge in [0.1, 0.15) is 0 Å². The van der Waals surface area contributed by atoms with E-state index in [1.165, 1.54) is 6.42 Å². The molecule has 0 radical (unpaired) electrons. The van der Waals surface area contributed by atoms with Gasteiger partial charge in [-0.3, -0.25) is 4.90 Å². The summed E-state index contributed by atoms with van der Waals surface area (Å²) in [6.45, 7) is 1.33. The number of benzene rings is 1. The molecule has 6 heteroatoms. The predicted molar refractivity (Wildman–Crippen MR) is 75.7 cm³/mol. The summed E-state index contributed by atoms with van der Waals surface area (Å²) in [4.78, 5) is -0.0242.